The minimum Gasteiger partial charge on any atom is -0.473 e. The third kappa shape index (κ3) is 5.18. The van der Waals surface area contributed by atoms with Crippen molar-refractivity contribution in [2.45, 2.75) is 45.9 Å². The Bertz CT molecular complexity index is 1670. The zero-order valence-electron chi connectivity index (χ0n) is 23.0. The Labute approximate surface area is 246 Å². The summed E-state index contributed by atoms with van der Waals surface area (Å²) in [7, 11) is 0. The van der Waals surface area contributed by atoms with E-state index in [9.17, 15) is 4.79 Å². The first-order valence-electron chi connectivity index (χ1n) is 13.3. The number of hydrogen-bond acceptors (Lipinski definition) is 7. The smallest absolute Gasteiger partial charge is 0.260 e. The molecule has 11 heteroatoms. The molecule has 210 valence electrons. The topological polar surface area (TPSA) is 125 Å². The number of benzene rings is 2. The lowest BCUT2D eigenvalue weighted by Gasteiger charge is -2.22. The zero-order valence-corrected chi connectivity index (χ0v) is 24.5. The van der Waals surface area contributed by atoms with Crippen LogP contribution in [0.1, 0.15) is 46.0 Å². The lowest BCUT2D eigenvalue weighted by atomic mass is 10.00. The van der Waals surface area contributed by atoms with Gasteiger partial charge in [-0.15, -0.1) is 11.3 Å². The van der Waals surface area contributed by atoms with Gasteiger partial charge in [-0.05, 0) is 49.7 Å². The minimum atomic E-state index is -0.764. The molecule has 3 aliphatic heterocycles. The molecule has 41 heavy (non-hydrogen) atoms. The van der Waals surface area contributed by atoms with E-state index in [4.69, 9.17) is 37.2 Å². The van der Waals surface area contributed by atoms with E-state index < -0.39 is 6.04 Å². The average Bonchev–Trinajstić information content (AvgIpc) is 3.40. The van der Waals surface area contributed by atoms with Gasteiger partial charge in [0.05, 0.1) is 30.9 Å². The van der Waals surface area contributed by atoms with Gasteiger partial charge in [0.2, 0.25) is 11.8 Å². The van der Waals surface area contributed by atoms with Crippen LogP contribution in [0, 0.1) is 19.3 Å². The lowest BCUT2D eigenvalue weighted by Crippen LogP contribution is -2.35. The molecule has 0 bridgehead atoms. The van der Waals surface area contributed by atoms with Crippen LogP contribution in [-0.4, -0.2) is 59.1 Å². The number of nitrogens with two attached hydrogens (primary N) is 1. The number of aryl methyl sites for hydroxylation is 1. The second-order valence-electron chi connectivity index (χ2n) is 10.4. The predicted molar refractivity (Wildman–Crippen MR) is 163 cm³/mol. The number of nitrogens with zero attached hydrogens (tertiary/aromatic N) is 3. The number of halogens is 1. The molecule has 0 saturated carbocycles. The molecule has 3 aliphatic rings. The number of fused-ring (bicyclic) bond motifs is 2. The van der Waals surface area contributed by atoms with Crippen molar-refractivity contribution in [2.24, 2.45) is 15.7 Å². The SMILES string of the molecule is CC(N)=[N+]1C(=N)[C@H](CC(=O)Nc2ccc3c(c2)COC3=NC2COC2)N=C(c2ccc(Cl)cc2)c2c1sc(C)c2C. The van der Waals surface area contributed by atoms with Gasteiger partial charge < -0.3 is 20.5 Å². The van der Waals surface area contributed by atoms with E-state index in [0.717, 1.165) is 37.7 Å². The van der Waals surface area contributed by atoms with Crippen molar-refractivity contribution >= 4 is 62.8 Å². The van der Waals surface area contributed by atoms with Crippen LogP contribution in [-0.2, 0) is 20.9 Å². The summed E-state index contributed by atoms with van der Waals surface area (Å²) in [5.41, 5.74) is 12.4. The number of nitrogens with one attached hydrogen (secondary N) is 2. The van der Waals surface area contributed by atoms with Gasteiger partial charge in [-0.1, -0.05) is 23.7 Å². The van der Waals surface area contributed by atoms with Crippen LogP contribution in [0.15, 0.2) is 52.4 Å². The van der Waals surface area contributed by atoms with Crippen molar-refractivity contribution in [1.29, 1.82) is 5.41 Å². The molecule has 3 aromatic rings. The van der Waals surface area contributed by atoms with Crippen LogP contribution >= 0.6 is 22.9 Å². The molecule has 0 radical (unpaired) electrons. The highest BCUT2D eigenvalue weighted by atomic mass is 35.5. The van der Waals surface area contributed by atoms with Gasteiger partial charge in [0, 0.05) is 39.2 Å². The number of rotatable bonds is 5. The highest BCUT2D eigenvalue weighted by Gasteiger charge is 2.36. The number of carbonyl (C=O) groups is 1. The van der Waals surface area contributed by atoms with Gasteiger partial charge in [0.15, 0.2) is 10.8 Å². The van der Waals surface area contributed by atoms with Crippen molar-refractivity contribution in [3.8, 4) is 0 Å². The highest BCUT2D eigenvalue weighted by Crippen LogP contribution is 2.39. The maximum atomic E-state index is 13.4. The normalized spacial score (nSPS) is 20.5. The molecule has 1 fully saturated rings. The Balaban J connectivity index is 1.31. The maximum absolute atomic E-state index is 13.4. The number of amides is 1. The Kier molecular flexibility index (Phi) is 7.23. The van der Waals surface area contributed by atoms with Crippen molar-refractivity contribution < 1.29 is 18.8 Å². The second-order valence-corrected chi connectivity index (χ2v) is 12.0. The first kappa shape index (κ1) is 27.3. The summed E-state index contributed by atoms with van der Waals surface area (Å²) in [6.45, 7) is 7.47. The summed E-state index contributed by atoms with van der Waals surface area (Å²) in [4.78, 5) is 24.1. The van der Waals surface area contributed by atoms with E-state index >= 15 is 0 Å². The number of ether oxygens (including phenoxy) is 2. The van der Waals surface area contributed by atoms with Gasteiger partial charge in [-0.3, -0.25) is 9.79 Å². The Morgan fingerprint density at radius 2 is 2.00 bits per heavy atom. The number of aliphatic imine (C=N–C) groups is 2. The first-order valence-corrected chi connectivity index (χ1v) is 14.5. The quantitative estimate of drug-likeness (QED) is 0.288. The zero-order chi connectivity index (χ0) is 28.8. The van der Waals surface area contributed by atoms with E-state index in [1.54, 1.807) is 22.8 Å². The van der Waals surface area contributed by atoms with Crippen molar-refractivity contribution in [3.05, 3.63) is 80.2 Å². The maximum Gasteiger partial charge on any atom is 0.260 e. The fraction of sp³-hybridized carbons (Fsp3) is 0.300. The van der Waals surface area contributed by atoms with Gasteiger partial charge in [0.1, 0.15) is 18.7 Å². The third-order valence-electron chi connectivity index (χ3n) is 7.40. The molecule has 1 aromatic heterocycles. The van der Waals surface area contributed by atoms with Crippen LogP contribution in [0.25, 0.3) is 0 Å². The molecule has 0 aliphatic carbocycles. The Morgan fingerprint density at radius 1 is 1.24 bits per heavy atom. The van der Waals surface area contributed by atoms with E-state index in [2.05, 4.69) is 10.3 Å². The van der Waals surface area contributed by atoms with Crippen LogP contribution in [0.5, 0.6) is 0 Å². The monoisotopic (exact) mass is 589 g/mol. The summed E-state index contributed by atoms with van der Waals surface area (Å²) in [5, 5.41) is 13.6. The molecule has 2 aromatic carbocycles. The number of carbonyl (C=O) groups excluding carboxylic acids is 1. The standard InChI is InChI=1S/C30H29ClN6O3S/c1-15-16(2)41-30-26(15)27(18-4-6-20(31)7-5-18)36-24(28(33)37(30)17(3)32)11-25(38)34-21-8-9-23-19(10-21)12-40-29(23)35-22-13-39-14-22/h4-10,22,24,32-33H,11-14H2,1-3H3,(H,34,35,38)/p+1/t24-/m0/s1. The largest absolute Gasteiger partial charge is 0.473 e. The summed E-state index contributed by atoms with van der Waals surface area (Å²) < 4.78 is 12.7. The molecule has 0 unspecified atom stereocenters. The number of hydrogen-bond donors (Lipinski definition) is 3. The Hall–Kier alpha value is -3.86. The summed E-state index contributed by atoms with van der Waals surface area (Å²) in [5.74, 6) is 0.953. The summed E-state index contributed by atoms with van der Waals surface area (Å²) in [6.07, 6.45) is -0.0331. The average molecular weight is 590 g/mol. The number of anilines is 1. The molecule has 1 amide bonds. The fourth-order valence-electron chi connectivity index (χ4n) is 5.09. The van der Waals surface area contributed by atoms with Crippen molar-refractivity contribution in [3.63, 3.8) is 0 Å². The van der Waals surface area contributed by atoms with Gasteiger partial charge in [-0.2, -0.15) is 9.98 Å². The van der Waals surface area contributed by atoms with Gasteiger partial charge >= 0.3 is 0 Å². The molecule has 0 spiro atoms. The van der Waals surface area contributed by atoms with Crippen LogP contribution in [0.4, 0.5) is 10.7 Å². The number of thiophene rings is 1. The van der Waals surface area contributed by atoms with E-state index in [1.165, 1.54) is 0 Å². The summed E-state index contributed by atoms with van der Waals surface area (Å²) in [6, 6.07) is 12.5. The Morgan fingerprint density at radius 3 is 2.68 bits per heavy atom. The second kappa shape index (κ2) is 10.8. The molecule has 6 rings (SSSR count). The predicted octanol–water partition coefficient (Wildman–Crippen LogP) is 4.94. The van der Waals surface area contributed by atoms with Crippen molar-refractivity contribution in [2.75, 3.05) is 18.5 Å². The molecular weight excluding hydrogens is 560 g/mol. The highest BCUT2D eigenvalue weighted by molar-refractivity contribution is 7.16. The molecular formula is C30H30ClN6O3S+. The van der Waals surface area contributed by atoms with E-state index in [1.807, 2.05) is 56.3 Å². The number of amidine groups is 2. The lowest BCUT2D eigenvalue weighted by molar-refractivity contribution is -0.309. The molecule has 9 nitrogen and oxygen atoms in total. The molecule has 1 atom stereocenters. The molecule has 1 saturated heterocycles. The van der Waals surface area contributed by atoms with E-state index in [-0.39, 0.29) is 24.2 Å². The molecule has 4 heterocycles. The third-order valence-corrected chi connectivity index (χ3v) is 8.85. The van der Waals surface area contributed by atoms with Crippen LogP contribution < -0.4 is 11.1 Å². The first-order chi connectivity index (χ1) is 19.7. The van der Waals surface area contributed by atoms with Crippen LogP contribution in [0.2, 0.25) is 5.02 Å². The van der Waals surface area contributed by atoms with Gasteiger partial charge in [0.25, 0.3) is 5.84 Å². The summed E-state index contributed by atoms with van der Waals surface area (Å²) >= 11 is 7.75. The fourth-order valence-corrected chi connectivity index (χ4v) is 6.44. The van der Waals surface area contributed by atoms with Crippen LogP contribution in [0.3, 0.4) is 0 Å². The van der Waals surface area contributed by atoms with Crippen molar-refractivity contribution in [1.82, 2.24) is 0 Å². The minimum absolute atomic E-state index is 0.0331. The van der Waals surface area contributed by atoms with E-state index in [0.29, 0.717) is 48.0 Å². The molecule has 4 N–H and O–H groups in total. The van der Waals surface area contributed by atoms with Gasteiger partial charge in [-0.25, -0.2) is 4.99 Å².